The molecule has 9 nitrogen and oxygen atoms in total. The van der Waals surface area contributed by atoms with Crippen LogP contribution in [0.2, 0.25) is 0 Å². The van der Waals surface area contributed by atoms with Crippen LogP contribution in [0.5, 0.6) is 17.2 Å². The maximum absolute atomic E-state index is 5.15. The summed E-state index contributed by atoms with van der Waals surface area (Å²) in [5.74, 6) is 2.52. The van der Waals surface area contributed by atoms with Crippen molar-refractivity contribution in [1.29, 1.82) is 0 Å². The van der Waals surface area contributed by atoms with Gasteiger partial charge >= 0.3 is 0 Å². The standard InChI is InChI=1S/2C11H11NS.C10H14O2.C9H12O.C8H7NS.C8H10.C7H9N.C5H7NS.C4H5NS/c1-8-3-5-10(6-4-8)11-7-13-9(2)12-11;1-8-11(12-9(2)13-8)10-6-4-3-5-7-10;1-4-8-5-6-9(11-2)10(7-8)12-3;1-3-8-4-6-9(10-2)7-5-8;1-6-9-7-4-2-3-5-8(7)10-6;1-7-4-3-5-8(2)6-7;1-6-4-3-5-7(2)8-6;1-4-3-7-5(2)6-4;1-4-5-2-3-6-4/h2*3-7H,1-2H3;5-7H,4H2,1-3H3;4-7H,3H2,1-2H3;2-5H,1H3;3-6H,1-2H3;3-5H,1-2H3;3H,1-2H3;2-3H,1H3. The largest absolute Gasteiger partial charge is 0.497 e. The quantitative estimate of drug-likeness (QED) is 0.154. The SMILES string of the molecule is CCc1ccc(OC)c(OC)c1.CCc1ccc(OC)cc1.Cc1ccc(-c2csc(C)n2)cc1.Cc1cccc(C)c1.Cc1cccc(C)n1.Cc1csc(C)n1.Cc1nc(-c2ccccc2)c(C)s1.Cc1nc2ccccc2s1.Cc1nccs1. The molecule has 0 N–H and O–H groups in total. The molecular weight excluding hydrogens is 1170 g/mol. The van der Waals surface area contributed by atoms with Crippen LogP contribution in [-0.4, -0.2) is 51.2 Å². The number of aryl methyl sites for hydroxylation is 14. The molecule has 0 spiro atoms. The van der Waals surface area contributed by atoms with Crippen LogP contribution in [-0.2, 0) is 12.8 Å². The molecule has 12 aromatic rings. The number of fused-ring (bicyclic) bond motifs is 1. The van der Waals surface area contributed by atoms with Crippen molar-refractivity contribution >= 4 is 66.9 Å². The summed E-state index contributed by atoms with van der Waals surface area (Å²) < 4.78 is 16.6. The third-order valence-electron chi connectivity index (χ3n) is 12.2. The number of hydrogen-bond acceptors (Lipinski definition) is 14. The molecule has 12 rings (SSSR count). The van der Waals surface area contributed by atoms with Crippen molar-refractivity contribution in [3.05, 3.63) is 261 Å². The van der Waals surface area contributed by atoms with Gasteiger partial charge in [-0.25, -0.2) is 19.9 Å². The van der Waals surface area contributed by atoms with Crippen molar-refractivity contribution in [2.24, 2.45) is 0 Å². The lowest BCUT2D eigenvalue weighted by atomic mass is 10.1. The van der Waals surface area contributed by atoms with E-state index in [9.17, 15) is 0 Å². The van der Waals surface area contributed by atoms with E-state index >= 15 is 0 Å². The summed E-state index contributed by atoms with van der Waals surface area (Å²) >= 11 is 8.55. The van der Waals surface area contributed by atoms with Gasteiger partial charge in [0.25, 0.3) is 0 Å². The first-order valence-electron chi connectivity index (χ1n) is 28.7. The van der Waals surface area contributed by atoms with E-state index in [1.807, 2.05) is 146 Å². The van der Waals surface area contributed by atoms with Gasteiger partial charge in [0, 0.05) is 55.4 Å². The van der Waals surface area contributed by atoms with Crippen LogP contribution in [0.25, 0.3) is 32.7 Å². The monoisotopic (exact) mass is 1250 g/mol. The number of aromatic nitrogens is 6. The average Bonchev–Trinajstić information content (AvgIpc) is 3.26. The molecule has 6 aromatic heterocycles. The lowest BCUT2D eigenvalue weighted by Gasteiger charge is -2.07. The van der Waals surface area contributed by atoms with E-state index < -0.39 is 0 Å². The lowest BCUT2D eigenvalue weighted by Crippen LogP contribution is -1.91. The highest BCUT2D eigenvalue weighted by Crippen LogP contribution is 2.28. The number of benzene rings is 6. The van der Waals surface area contributed by atoms with Gasteiger partial charge in [-0.3, -0.25) is 9.97 Å². The molecule has 0 bridgehead atoms. The number of nitrogens with zero attached hydrogens (tertiary/aromatic N) is 6. The molecule has 0 aliphatic rings. The summed E-state index contributed by atoms with van der Waals surface area (Å²) in [6.07, 6.45) is 3.91. The van der Waals surface area contributed by atoms with Crippen LogP contribution >= 0.6 is 56.7 Å². The number of pyridine rings is 1. The second kappa shape index (κ2) is 39.9. The Labute approximate surface area is 539 Å². The van der Waals surface area contributed by atoms with E-state index in [0.29, 0.717) is 0 Å². The highest BCUT2D eigenvalue weighted by Gasteiger charge is 2.06. The lowest BCUT2D eigenvalue weighted by molar-refractivity contribution is 0.354. The van der Waals surface area contributed by atoms with Crippen molar-refractivity contribution in [3.8, 4) is 39.8 Å². The third-order valence-corrected chi connectivity index (χ3v) is 16.4. The predicted octanol–water partition coefficient (Wildman–Crippen LogP) is 21.2. The molecule has 0 radical (unpaired) electrons. The smallest absolute Gasteiger partial charge is 0.160 e. The van der Waals surface area contributed by atoms with E-state index in [-0.39, 0.29) is 0 Å². The molecule has 0 saturated carbocycles. The fraction of sp³-hybridized carbons (Fsp3) is 0.260. The van der Waals surface area contributed by atoms with Gasteiger partial charge < -0.3 is 14.2 Å². The number of rotatable bonds is 7. The molecule has 0 atom stereocenters. The molecule has 0 fully saturated rings. The van der Waals surface area contributed by atoms with E-state index in [2.05, 4.69) is 161 Å². The van der Waals surface area contributed by atoms with Gasteiger partial charge in [0.1, 0.15) is 5.75 Å². The summed E-state index contributed by atoms with van der Waals surface area (Å²) in [6.45, 7) is 28.8. The Morgan fingerprint density at radius 2 is 0.977 bits per heavy atom. The van der Waals surface area contributed by atoms with Crippen molar-refractivity contribution in [3.63, 3.8) is 0 Å². The summed E-state index contributed by atoms with van der Waals surface area (Å²) in [5.41, 5.74) is 15.6. The minimum Gasteiger partial charge on any atom is -0.497 e. The molecular formula is C73H86N6O3S5. The van der Waals surface area contributed by atoms with Gasteiger partial charge in [-0.05, 0) is 156 Å². The molecule has 6 aromatic carbocycles. The van der Waals surface area contributed by atoms with Crippen molar-refractivity contribution in [2.45, 2.75) is 110 Å². The topological polar surface area (TPSA) is 105 Å². The minimum absolute atomic E-state index is 0.787. The van der Waals surface area contributed by atoms with E-state index in [1.165, 1.54) is 48.5 Å². The number of methoxy groups -OCH3 is 3. The zero-order chi connectivity index (χ0) is 63.5. The fourth-order valence-electron chi connectivity index (χ4n) is 7.81. The molecule has 87 heavy (non-hydrogen) atoms. The second-order valence-corrected chi connectivity index (χ2v) is 25.6. The predicted molar refractivity (Wildman–Crippen MR) is 378 cm³/mol. The number of para-hydroxylation sites is 1. The van der Waals surface area contributed by atoms with E-state index in [1.54, 1.807) is 84.2 Å². The first-order valence-corrected chi connectivity index (χ1v) is 32.9. The Bertz CT molecular complexity index is 3630. The maximum Gasteiger partial charge on any atom is 0.160 e. The van der Waals surface area contributed by atoms with Gasteiger partial charge in [-0.15, -0.1) is 56.7 Å². The van der Waals surface area contributed by atoms with Crippen LogP contribution in [0.3, 0.4) is 0 Å². The third kappa shape index (κ3) is 28.1. The molecule has 14 heteroatoms. The normalized spacial score (nSPS) is 9.76. The molecule has 0 unspecified atom stereocenters. The van der Waals surface area contributed by atoms with Crippen molar-refractivity contribution < 1.29 is 14.2 Å². The van der Waals surface area contributed by atoms with Gasteiger partial charge in [-0.1, -0.05) is 146 Å². The van der Waals surface area contributed by atoms with Crippen LogP contribution in [0.1, 0.15) is 88.7 Å². The Hall–Kier alpha value is -7.72. The number of thiazole rings is 5. The Balaban J connectivity index is 0.000000212. The Kier molecular flexibility index (Phi) is 32.9. The summed E-state index contributed by atoms with van der Waals surface area (Å²) in [5, 5.41) is 11.8. The van der Waals surface area contributed by atoms with Crippen LogP contribution < -0.4 is 14.2 Å². The van der Waals surface area contributed by atoms with Crippen LogP contribution in [0, 0.1) is 83.1 Å². The molecule has 0 aliphatic heterocycles. The zero-order valence-electron chi connectivity index (χ0n) is 53.8. The molecule has 0 amide bonds. The number of ether oxygens (including phenoxy) is 3. The van der Waals surface area contributed by atoms with Gasteiger partial charge in [0.05, 0.1) is 68.0 Å². The van der Waals surface area contributed by atoms with Gasteiger partial charge in [0.15, 0.2) is 11.5 Å². The van der Waals surface area contributed by atoms with Crippen molar-refractivity contribution in [1.82, 2.24) is 29.9 Å². The van der Waals surface area contributed by atoms with Crippen molar-refractivity contribution in [2.75, 3.05) is 21.3 Å². The average molecular weight is 1260 g/mol. The summed E-state index contributed by atoms with van der Waals surface area (Å²) in [7, 11) is 4.97. The molecule has 0 saturated heterocycles. The second-order valence-electron chi connectivity index (χ2n) is 19.7. The number of hydrogen-bond donors (Lipinski definition) is 0. The first-order chi connectivity index (χ1) is 41.8. The fourth-order valence-corrected chi connectivity index (χ4v) is 11.1. The molecule has 456 valence electrons. The molecule has 6 heterocycles. The Morgan fingerprint density at radius 3 is 1.41 bits per heavy atom. The summed E-state index contributed by atoms with van der Waals surface area (Å²) in [6, 6.07) is 55.5. The van der Waals surface area contributed by atoms with Crippen LogP contribution in [0.15, 0.2) is 186 Å². The van der Waals surface area contributed by atoms with Gasteiger partial charge in [-0.2, -0.15) is 0 Å². The van der Waals surface area contributed by atoms with E-state index in [0.717, 1.165) is 89.1 Å². The minimum atomic E-state index is 0.787. The maximum atomic E-state index is 5.15. The zero-order valence-corrected chi connectivity index (χ0v) is 57.8. The molecule has 0 aliphatic carbocycles. The van der Waals surface area contributed by atoms with E-state index in [4.69, 9.17) is 14.2 Å². The summed E-state index contributed by atoms with van der Waals surface area (Å²) in [4.78, 5) is 26.8. The highest BCUT2D eigenvalue weighted by molar-refractivity contribution is 7.18. The first kappa shape index (κ1) is 71.8. The van der Waals surface area contributed by atoms with Crippen LogP contribution in [0.4, 0.5) is 0 Å². The Morgan fingerprint density at radius 1 is 0.391 bits per heavy atom. The highest BCUT2D eigenvalue weighted by atomic mass is 32.1. The van der Waals surface area contributed by atoms with Gasteiger partial charge in [0.2, 0.25) is 0 Å².